The van der Waals surface area contributed by atoms with E-state index in [4.69, 9.17) is 4.74 Å². The lowest BCUT2D eigenvalue weighted by Crippen LogP contribution is -1.85. The molecule has 0 aliphatic rings. The summed E-state index contributed by atoms with van der Waals surface area (Å²) in [7, 11) is 1.70. The van der Waals surface area contributed by atoms with Crippen LogP contribution in [0.2, 0.25) is 0 Å². The van der Waals surface area contributed by atoms with Crippen molar-refractivity contribution in [2.45, 2.75) is 55.4 Å². The van der Waals surface area contributed by atoms with E-state index in [-0.39, 0.29) is 0 Å². The van der Waals surface area contributed by atoms with Crippen molar-refractivity contribution >= 4 is 0 Å². The Kier molecular flexibility index (Phi) is 20.0. The van der Waals surface area contributed by atoms with E-state index in [9.17, 15) is 0 Å². The minimum Gasteiger partial charge on any atom is -0.497 e. The second-order valence-electron chi connectivity index (χ2n) is 2.79. The fourth-order valence-corrected chi connectivity index (χ4v) is 0.670. The van der Waals surface area contributed by atoms with Crippen LogP contribution in [-0.4, -0.2) is 7.11 Å². The van der Waals surface area contributed by atoms with Gasteiger partial charge in [0.05, 0.1) is 7.11 Å². The molecule has 86 valence electrons. The third-order valence-electron chi connectivity index (χ3n) is 1.13. The molecule has 1 nitrogen and oxygen atoms in total. The van der Waals surface area contributed by atoms with Crippen LogP contribution in [0.3, 0.4) is 0 Å². The summed E-state index contributed by atoms with van der Waals surface area (Å²) in [5.41, 5.74) is 2.47. The van der Waals surface area contributed by atoms with Crippen molar-refractivity contribution in [1.82, 2.24) is 0 Å². The van der Waals surface area contributed by atoms with Gasteiger partial charge in [0.1, 0.15) is 5.76 Å². The number of methoxy groups -OCH3 is 1. The molecule has 0 heterocycles. The SMILES string of the molecule is CC.CC.COC(C=C(C)C)=C(C)C. The highest BCUT2D eigenvalue weighted by Crippen LogP contribution is 2.07. The van der Waals surface area contributed by atoms with Crippen LogP contribution in [0.15, 0.2) is 23.0 Å². The highest BCUT2D eigenvalue weighted by Gasteiger charge is 1.91. The average molecular weight is 200 g/mol. The van der Waals surface area contributed by atoms with Gasteiger partial charge in [0.25, 0.3) is 0 Å². The van der Waals surface area contributed by atoms with Gasteiger partial charge in [-0.25, -0.2) is 0 Å². The van der Waals surface area contributed by atoms with Crippen LogP contribution >= 0.6 is 0 Å². The predicted molar refractivity (Wildman–Crippen MR) is 67.5 cm³/mol. The van der Waals surface area contributed by atoms with E-state index in [2.05, 4.69) is 13.8 Å². The zero-order valence-electron chi connectivity index (χ0n) is 11.5. The van der Waals surface area contributed by atoms with Crippen LogP contribution in [0.25, 0.3) is 0 Å². The fraction of sp³-hybridized carbons (Fsp3) is 0.692. The van der Waals surface area contributed by atoms with Gasteiger partial charge in [0.15, 0.2) is 0 Å². The maximum absolute atomic E-state index is 5.13. The second kappa shape index (κ2) is 14.8. The Morgan fingerprint density at radius 2 is 1.21 bits per heavy atom. The molecule has 0 saturated heterocycles. The molecule has 0 unspecified atom stereocenters. The van der Waals surface area contributed by atoms with E-state index in [1.54, 1.807) is 7.11 Å². The first-order valence-electron chi connectivity index (χ1n) is 5.44. The Hall–Kier alpha value is -0.720. The van der Waals surface area contributed by atoms with Crippen LogP contribution in [0.4, 0.5) is 0 Å². The normalized spacial score (nSPS) is 6.93. The van der Waals surface area contributed by atoms with Crippen LogP contribution in [-0.2, 0) is 4.74 Å². The summed E-state index contributed by atoms with van der Waals surface area (Å²) in [5, 5.41) is 0. The highest BCUT2D eigenvalue weighted by molar-refractivity contribution is 5.20. The molecule has 0 spiro atoms. The molecule has 1 heteroatoms. The zero-order chi connectivity index (χ0) is 12.1. The molecule has 0 aromatic rings. The van der Waals surface area contributed by atoms with Crippen molar-refractivity contribution in [3.05, 3.63) is 23.0 Å². The Morgan fingerprint density at radius 1 is 0.857 bits per heavy atom. The van der Waals surface area contributed by atoms with Crippen molar-refractivity contribution in [2.24, 2.45) is 0 Å². The predicted octanol–water partition coefficient (Wildman–Crippen LogP) is 4.95. The Bertz CT molecular complexity index is 156. The van der Waals surface area contributed by atoms with Gasteiger partial charge in [-0.2, -0.15) is 0 Å². The minimum absolute atomic E-state index is 0.972. The lowest BCUT2D eigenvalue weighted by molar-refractivity contribution is 0.302. The van der Waals surface area contributed by atoms with Crippen molar-refractivity contribution in [3.8, 4) is 0 Å². The Morgan fingerprint density at radius 3 is 1.29 bits per heavy atom. The summed E-state index contributed by atoms with van der Waals surface area (Å²) >= 11 is 0. The smallest absolute Gasteiger partial charge is 0.117 e. The molecule has 0 saturated carbocycles. The molecular formula is C13H28O. The number of allylic oxidation sites excluding steroid dienone is 3. The molecule has 0 rings (SSSR count). The molecule has 14 heavy (non-hydrogen) atoms. The lowest BCUT2D eigenvalue weighted by atomic mass is 10.2. The molecule has 0 aromatic carbocycles. The van der Waals surface area contributed by atoms with Gasteiger partial charge in [-0.05, 0) is 39.3 Å². The van der Waals surface area contributed by atoms with Crippen molar-refractivity contribution in [1.29, 1.82) is 0 Å². The number of ether oxygens (including phenoxy) is 1. The lowest BCUT2D eigenvalue weighted by Gasteiger charge is -2.02. The van der Waals surface area contributed by atoms with E-state index in [1.807, 2.05) is 47.6 Å². The summed E-state index contributed by atoms with van der Waals surface area (Å²) in [5.74, 6) is 0.972. The van der Waals surface area contributed by atoms with Crippen molar-refractivity contribution in [2.75, 3.05) is 7.11 Å². The fourth-order valence-electron chi connectivity index (χ4n) is 0.670. The first-order valence-corrected chi connectivity index (χ1v) is 5.44. The van der Waals surface area contributed by atoms with Crippen molar-refractivity contribution < 1.29 is 4.74 Å². The van der Waals surface area contributed by atoms with Gasteiger partial charge in [0.2, 0.25) is 0 Å². The molecule has 0 fully saturated rings. The molecule has 0 aromatic heterocycles. The van der Waals surface area contributed by atoms with Crippen LogP contribution in [0.5, 0.6) is 0 Å². The van der Waals surface area contributed by atoms with Gasteiger partial charge in [-0.3, -0.25) is 0 Å². The average Bonchev–Trinajstić information content (AvgIpc) is 2.19. The Labute approximate surface area is 90.9 Å². The van der Waals surface area contributed by atoms with Gasteiger partial charge in [-0.1, -0.05) is 33.3 Å². The van der Waals surface area contributed by atoms with Gasteiger partial charge >= 0.3 is 0 Å². The van der Waals surface area contributed by atoms with Gasteiger partial charge in [0, 0.05) is 0 Å². The summed E-state index contributed by atoms with van der Waals surface area (Å²) < 4.78 is 5.13. The van der Waals surface area contributed by atoms with Gasteiger partial charge in [-0.15, -0.1) is 0 Å². The summed E-state index contributed by atoms with van der Waals surface area (Å²) in [6.07, 6.45) is 2.04. The quantitative estimate of drug-likeness (QED) is 0.453. The molecule has 0 bridgehead atoms. The first kappa shape index (κ1) is 18.9. The highest BCUT2D eigenvalue weighted by atomic mass is 16.5. The molecule has 0 amide bonds. The Balaban J connectivity index is -0.000000266. The van der Waals surface area contributed by atoms with E-state index in [1.165, 1.54) is 11.1 Å². The third kappa shape index (κ3) is 13.8. The zero-order valence-corrected chi connectivity index (χ0v) is 11.5. The number of hydrogen-bond acceptors (Lipinski definition) is 1. The summed E-state index contributed by atoms with van der Waals surface area (Å²) in [4.78, 5) is 0. The van der Waals surface area contributed by atoms with Crippen LogP contribution < -0.4 is 0 Å². The van der Waals surface area contributed by atoms with Crippen LogP contribution in [0.1, 0.15) is 55.4 Å². The maximum atomic E-state index is 5.13. The standard InChI is InChI=1S/C9H16O.2C2H6/c1-7(2)6-9(10-5)8(3)4;2*1-2/h6H,1-5H3;2*1-2H3. The number of hydrogen-bond donors (Lipinski definition) is 0. The van der Waals surface area contributed by atoms with E-state index < -0.39 is 0 Å². The largest absolute Gasteiger partial charge is 0.497 e. The molecular weight excluding hydrogens is 172 g/mol. The molecule has 0 aliphatic carbocycles. The second-order valence-corrected chi connectivity index (χ2v) is 2.79. The van der Waals surface area contributed by atoms with E-state index in [0.29, 0.717) is 0 Å². The maximum Gasteiger partial charge on any atom is 0.117 e. The molecule has 0 aliphatic heterocycles. The third-order valence-corrected chi connectivity index (χ3v) is 1.13. The molecule has 0 atom stereocenters. The van der Waals surface area contributed by atoms with Crippen LogP contribution in [0, 0.1) is 0 Å². The molecule has 0 N–H and O–H groups in total. The number of rotatable bonds is 2. The van der Waals surface area contributed by atoms with Crippen molar-refractivity contribution in [3.63, 3.8) is 0 Å². The van der Waals surface area contributed by atoms with Gasteiger partial charge < -0.3 is 4.74 Å². The minimum atomic E-state index is 0.972. The van der Waals surface area contributed by atoms with E-state index in [0.717, 1.165) is 5.76 Å². The van der Waals surface area contributed by atoms with E-state index >= 15 is 0 Å². The molecule has 0 radical (unpaired) electrons. The monoisotopic (exact) mass is 200 g/mol. The summed E-state index contributed by atoms with van der Waals surface area (Å²) in [6.45, 7) is 16.2. The topological polar surface area (TPSA) is 9.23 Å². The summed E-state index contributed by atoms with van der Waals surface area (Å²) in [6, 6.07) is 0. The first-order chi connectivity index (χ1) is 6.57.